The fourth-order valence-electron chi connectivity index (χ4n) is 2.94. The number of pyridine rings is 1. The summed E-state index contributed by atoms with van der Waals surface area (Å²) in [5.41, 5.74) is -0.963. The van der Waals surface area contributed by atoms with E-state index in [1.807, 2.05) is 0 Å². The van der Waals surface area contributed by atoms with Gasteiger partial charge in [0.05, 0.1) is 5.56 Å². The van der Waals surface area contributed by atoms with E-state index < -0.39 is 23.8 Å². The molecular weight excluding hydrogens is 437 g/mol. The lowest BCUT2D eigenvalue weighted by Gasteiger charge is -2.21. The molecule has 1 fully saturated rings. The molecule has 2 aromatic rings. The summed E-state index contributed by atoms with van der Waals surface area (Å²) in [4.78, 5) is 21.3. The van der Waals surface area contributed by atoms with Crippen molar-refractivity contribution >= 4 is 17.6 Å². The van der Waals surface area contributed by atoms with E-state index in [1.165, 1.54) is 12.1 Å². The minimum Gasteiger partial charge on any atom is -0.479 e. The van der Waals surface area contributed by atoms with Gasteiger partial charge in [-0.25, -0.2) is 9.78 Å². The van der Waals surface area contributed by atoms with Crippen molar-refractivity contribution in [2.75, 3.05) is 13.1 Å². The Morgan fingerprint density at radius 2 is 1.71 bits per heavy atom. The molecule has 1 aliphatic heterocycles. The Morgan fingerprint density at radius 1 is 1.10 bits per heavy atom. The molecule has 1 aromatic heterocycles. The SMILES string of the molecule is CC(Oc1ccc(Oc2ncc(C(F)(F)F)cc2Cl)cc1)C(=O)ON1CCCCCC1. The highest BCUT2D eigenvalue weighted by atomic mass is 35.5. The number of benzene rings is 1. The smallest absolute Gasteiger partial charge is 0.417 e. The van der Waals surface area contributed by atoms with Gasteiger partial charge in [0.1, 0.15) is 16.5 Å². The zero-order valence-electron chi connectivity index (χ0n) is 16.8. The average molecular weight is 459 g/mol. The number of ether oxygens (including phenoxy) is 2. The van der Waals surface area contributed by atoms with E-state index >= 15 is 0 Å². The van der Waals surface area contributed by atoms with Gasteiger partial charge >= 0.3 is 12.1 Å². The first-order chi connectivity index (χ1) is 14.7. The van der Waals surface area contributed by atoms with Crippen LogP contribution in [0.5, 0.6) is 17.4 Å². The molecule has 0 saturated carbocycles. The molecule has 2 heterocycles. The summed E-state index contributed by atoms with van der Waals surface area (Å²) < 4.78 is 49.1. The van der Waals surface area contributed by atoms with Crippen molar-refractivity contribution in [2.24, 2.45) is 0 Å². The predicted octanol–water partition coefficient (Wildman–Crippen LogP) is 5.65. The topological polar surface area (TPSA) is 60.9 Å². The summed E-state index contributed by atoms with van der Waals surface area (Å²) in [6.07, 6.45) is -0.483. The van der Waals surface area contributed by atoms with Crippen LogP contribution >= 0.6 is 11.6 Å². The van der Waals surface area contributed by atoms with Crippen LogP contribution in [-0.2, 0) is 15.8 Å². The summed E-state index contributed by atoms with van der Waals surface area (Å²) in [6, 6.07) is 6.92. The van der Waals surface area contributed by atoms with Crippen LogP contribution in [-0.4, -0.2) is 35.2 Å². The van der Waals surface area contributed by atoms with Gasteiger partial charge in [-0.15, -0.1) is 5.06 Å². The largest absolute Gasteiger partial charge is 0.479 e. The van der Waals surface area contributed by atoms with E-state index in [-0.39, 0.29) is 10.9 Å². The van der Waals surface area contributed by atoms with Crippen LogP contribution in [0.3, 0.4) is 0 Å². The highest BCUT2D eigenvalue weighted by Crippen LogP contribution is 2.34. The van der Waals surface area contributed by atoms with Gasteiger partial charge in [-0.1, -0.05) is 24.4 Å². The van der Waals surface area contributed by atoms with Gasteiger partial charge < -0.3 is 14.3 Å². The highest BCUT2D eigenvalue weighted by molar-refractivity contribution is 6.31. The summed E-state index contributed by atoms with van der Waals surface area (Å²) >= 11 is 5.84. The van der Waals surface area contributed by atoms with Crippen LogP contribution in [0.15, 0.2) is 36.5 Å². The maximum Gasteiger partial charge on any atom is 0.417 e. The second kappa shape index (κ2) is 10.2. The molecule has 10 heteroatoms. The second-order valence-corrected chi connectivity index (χ2v) is 7.50. The van der Waals surface area contributed by atoms with Crippen molar-refractivity contribution in [1.29, 1.82) is 0 Å². The predicted molar refractivity (Wildman–Crippen MR) is 107 cm³/mol. The number of halogens is 4. The summed E-state index contributed by atoms with van der Waals surface area (Å²) in [6.45, 7) is 3.02. The fourth-order valence-corrected chi connectivity index (χ4v) is 3.14. The van der Waals surface area contributed by atoms with Crippen molar-refractivity contribution in [1.82, 2.24) is 10.0 Å². The quantitative estimate of drug-likeness (QED) is 0.557. The first-order valence-corrected chi connectivity index (χ1v) is 10.2. The first kappa shape index (κ1) is 23.1. The van der Waals surface area contributed by atoms with E-state index in [4.69, 9.17) is 25.9 Å². The Labute approximate surface area is 182 Å². The number of carbonyl (C=O) groups excluding carboxylic acids is 1. The van der Waals surface area contributed by atoms with Gasteiger partial charge in [-0.3, -0.25) is 0 Å². The molecule has 0 radical (unpaired) electrons. The Hall–Kier alpha value is -2.52. The molecule has 0 amide bonds. The van der Waals surface area contributed by atoms with Crippen LogP contribution in [0.1, 0.15) is 38.2 Å². The van der Waals surface area contributed by atoms with Crippen molar-refractivity contribution < 1.29 is 32.3 Å². The van der Waals surface area contributed by atoms with Gasteiger partial charge in [-0.05, 0) is 50.1 Å². The van der Waals surface area contributed by atoms with E-state index in [0.29, 0.717) is 30.8 Å². The molecule has 0 N–H and O–H groups in total. The van der Waals surface area contributed by atoms with Crippen LogP contribution in [0.2, 0.25) is 5.02 Å². The Kier molecular flexibility index (Phi) is 7.61. The first-order valence-electron chi connectivity index (χ1n) is 9.86. The molecule has 1 aliphatic rings. The van der Waals surface area contributed by atoms with Crippen LogP contribution < -0.4 is 9.47 Å². The fraction of sp³-hybridized carbons (Fsp3) is 0.429. The zero-order chi connectivity index (χ0) is 22.4. The van der Waals surface area contributed by atoms with Crippen LogP contribution in [0.25, 0.3) is 0 Å². The number of hydrogen-bond acceptors (Lipinski definition) is 6. The van der Waals surface area contributed by atoms with Gasteiger partial charge in [-0.2, -0.15) is 13.2 Å². The molecule has 6 nitrogen and oxygen atoms in total. The number of alkyl halides is 3. The maximum absolute atomic E-state index is 12.7. The Balaban J connectivity index is 1.55. The highest BCUT2D eigenvalue weighted by Gasteiger charge is 2.31. The molecule has 1 saturated heterocycles. The molecule has 168 valence electrons. The lowest BCUT2D eigenvalue weighted by Crippen LogP contribution is -2.35. The summed E-state index contributed by atoms with van der Waals surface area (Å²) in [5.74, 6) is 0.0566. The monoisotopic (exact) mass is 458 g/mol. The Bertz CT molecular complexity index is 885. The van der Waals surface area contributed by atoms with Crippen molar-refractivity contribution in [3.63, 3.8) is 0 Å². The normalized spacial score (nSPS) is 16.3. The van der Waals surface area contributed by atoms with Crippen molar-refractivity contribution in [2.45, 2.75) is 44.9 Å². The minimum atomic E-state index is -4.54. The molecule has 0 aliphatic carbocycles. The van der Waals surface area contributed by atoms with Crippen LogP contribution in [0, 0.1) is 0 Å². The Morgan fingerprint density at radius 3 is 2.29 bits per heavy atom. The number of nitrogens with zero attached hydrogens (tertiary/aromatic N) is 2. The van der Waals surface area contributed by atoms with Crippen LogP contribution in [0.4, 0.5) is 13.2 Å². The number of hydrogen-bond donors (Lipinski definition) is 0. The molecule has 0 bridgehead atoms. The third-order valence-electron chi connectivity index (χ3n) is 4.60. The average Bonchev–Trinajstić information content (AvgIpc) is 2.98. The maximum atomic E-state index is 12.7. The number of carbonyl (C=O) groups is 1. The third kappa shape index (κ3) is 6.73. The molecule has 1 atom stereocenters. The van der Waals surface area contributed by atoms with E-state index in [1.54, 1.807) is 24.1 Å². The van der Waals surface area contributed by atoms with Gasteiger partial charge in [0.2, 0.25) is 5.88 Å². The lowest BCUT2D eigenvalue weighted by molar-refractivity contribution is -0.197. The molecule has 1 aromatic carbocycles. The number of hydroxylamine groups is 2. The zero-order valence-corrected chi connectivity index (χ0v) is 17.6. The second-order valence-electron chi connectivity index (χ2n) is 7.10. The van der Waals surface area contributed by atoms with E-state index in [0.717, 1.165) is 31.7 Å². The van der Waals surface area contributed by atoms with Gasteiger partial charge in [0, 0.05) is 19.3 Å². The van der Waals surface area contributed by atoms with Crippen molar-refractivity contribution in [3.8, 4) is 17.4 Å². The van der Waals surface area contributed by atoms with E-state index in [9.17, 15) is 18.0 Å². The van der Waals surface area contributed by atoms with E-state index in [2.05, 4.69) is 4.98 Å². The van der Waals surface area contributed by atoms with Crippen molar-refractivity contribution in [3.05, 3.63) is 47.1 Å². The molecular formula is C21H22ClF3N2O4. The molecule has 1 unspecified atom stereocenters. The minimum absolute atomic E-state index is 0.155. The van der Waals surface area contributed by atoms with Gasteiger partial charge in [0.15, 0.2) is 6.10 Å². The number of rotatable bonds is 6. The number of aromatic nitrogens is 1. The molecule has 0 spiro atoms. The summed E-state index contributed by atoms with van der Waals surface area (Å²) in [5, 5.41) is 1.41. The standard InChI is InChI=1S/C21H22ClF3N2O4/c1-14(20(28)31-27-10-4-2-3-5-11-27)29-16-6-8-17(9-7-16)30-19-18(22)12-15(13-26-19)21(23,24)25/h6-9,12-14H,2-5,10-11H2,1H3. The van der Waals surface area contributed by atoms with Gasteiger partial charge in [0.25, 0.3) is 0 Å². The molecule has 3 rings (SSSR count). The lowest BCUT2D eigenvalue weighted by atomic mass is 10.2. The summed E-state index contributed by atoms with van der Waals surface area (Å²) in [7, 11) is 0. The molecule has 31 heavy (non-hydrogen) atoms. The third-order valence-corrected chi connectivity index (χ3v) is 4.87.